The molecule has 3 rings (SSSR count). The Balaban J connectivity index is 1.78. The van der Waals surface area contributed by atoms with Gasteiger partial charge in [0.05, 0.1) is 25.8 Å². The summed E-state index contributed by atoms with van der Waals surface area (Å²) in [6.07, 6.45) is 1.65. The lowest BCUT2D eigenvalue weighted by molar-refractivity contribution is -0.122. The molecule has 2 aromatic rings. The molecule has 6 nitrogen and oxygen atoms in total. The largest absolute Gasteiger partial charge is 0.497 e. The zero-order chi connectivity index (χ0) is 20.3. The molecular formula is C20H19ClN2O4S. The van der Waals surface area contributed by atoms with E-state index in [2.05, 4.69) is 5.32 Å². The fourth-order valence-electron chi connectivity index (χ4n) is 2.66. The molecule has 0 bridgehead atoms. The van der Waals surface area contributed by atoms with Crippen molar-refractivity contribution in [3.8, 4) is 11.5 Å². The van der Waals surface area contributed by atoms with Gasteiger partial charge < -0.3 is 14.8 Å². The second-order valence-electron chi connectivity index (χ2n) is 6.01. The van der Waals surface area contributed by atoms with Gasteiger partial charge >= 0.3 is 0 Å². The van der Waals surface area contributed by atoms with Crippen molar-refractivity contribution in [1.29, 1.82) is 0 Å². The van der Waals surface area contributed by atoms with Gasteiger partial charge in [-0.3, -0.25) is 14.5 Å². The first-order valence-corrected chi connectivity index (χ1v) is 9.60. The Morgan fingerprint density at radius 3 is 2.64 bits per heavy atom. The van der Waals surface area contributed by atoms with Gasteiger partial charge in [-0.2, -0.15) is 0 Å². The molecule has 0 spiro atoms. The first kappa shape index (κ1) is 20.1. The Morgan fingerprint density at radius 1 is 1.14 bits per heavy atom. The van der Waals surface area contributed by atoms with Gasteiger partial charge in [0, 0.05) is 22.3 Å². The maximum Gasteiger partial charge on any atom is 0.295 e. The Bertz CT molecular complexity index is 961. The topological polar surface area (TPSA) is 67.9 Å². The fourth-order valence-corrected chi connectivity index (χ4v) is 3.67. The molecule has 1 N–H and O–H groups in total. The van der Waals surface area contributed by atoms with Gasteiger partial charge in [-0.1, -0.05) is 17.7 Å². The van der Waals surface area contributed by atoms with Crippen molar-refractivity contribution in [2.24, 2.45) is 0 Å². The van der Waals surface area contributed by atoms with Crippen LogP contribution in [0.3, 0.4) is 0 Å². The third-order valence-corrected chi connectivity index (χ3v) is 5.37. The molecule has 0 aromatic heterocycles. The van der Waals surface area contributed by atoms with E-state index in [1.54, 1.807) is 43.5 Å². The molecule has 8 heteroatoms. The Kier molecular flexibility index (Phi) is 6.16. The molecule has 1 heterocycles. The first-order chi connectivity index (χ1) is 13.4. The fraction of sp³-hybridized carbons (Fsp3) is 0.200. The number of methoxy groups -OCH3 is 2. The van der Waals surface area contributed by atoms with Crippen LogP contribution in [0, 0.1) is 6.92 Å². The van der Waals surface area contributed by atoms with Gasteiger partial charge in [-0.15, -0.1) is 0 Å². The average molecular weight is 419 g/mol. The average Bonchev–Trinajstić information content (AvgIpc) is 2.95. The molecule has 0 radical (unpaired) electrons. The number of rotatable bonds is 6. The predicted octanol–water partition coefficient (Wildman–Crippen LogP) is 4.77. The summed E-state index contributed by atoms with van der Waals surface area (Å²) in [4.78, 5) is 26.5. The Hall–Kier alpha value is -2.64. The molecular weight excluding hydrogens is 400 g/mol. The third-order valence-electron chi connectivity index (χ3n) is 4.23. The normalized spacial score (nSPS) is 15.3. The number of thioether (sulfide) groups is 1. The molecule has 28 heavy (non-hydrogen) atoms. The quantitative estimate of drug-likeness (QED) is 0.681. The summed E-state index contributed by atoms with van der Waals surface area (Å²) in [5, 5.41) is 3.34. The maximum atomic E-state index is 12.7. The van der Waals surface area contributed by atoms with Gasteiger partial charge in [0.15, 0.2) is 0 Å². The third kappa shape index (κ3) is 4.26. The van der Waals surface area contributed by atoms with Crippen LogP contribution in [-0.2, 0) is 4.79 Å². The highest BCUT2D eigenvalue weighted by molar-refractivity contribution is 8.18. The predicted molar refractivity (Wildman–Crippen MR) is 112 cm³/mol. The minimum Gasteiger partial charge on any atom is -0.497 e. The van der Waals surface area contributed by atoms with Crippen LogP contribution in [0.25, 0.3) is 6.08 Å². The van der Waals surface area contributed by atoms with E-state index >= 15 is 0 Å². The summed E-state index contributed by atoms with van der Waals surface area (Å²) in [6.45, 7) is 1.98. The van der Waals surface area contributed by atoms with Gasteiger partial charge in [-0.05, 0) is 54.6 Å². The van der Waals surface area contributed by atoms with Crippen LogP contribution in [0.4, 0.5) is 10.5 Å². The van der Waals surface area contributed by atoms with Crippen LogP contribution in [0.1, 0.15) is 11.1 Å². The number of anilines is 1. The lowest BCUT2D eigenvalue weighted by Crippen LogP contribution is -2.33. The molecule has 146 valence electrons. The lowest BCUT2D eigenvalue weighted by Gasteiger charge is -2.16. The molecule has 0 saturated carbocycles. The zero-order valence-electron chi connectivity index (χ0n) is 15.6. The van der Waals surface area contributed by atoms with Crippen molar-refractivity contribution < 1.29 is 19.1 Å². The molecule has 2 aromatic carbocycles. The Morgan fingerprint density at radius 2 is 1.93 bits per heavy atom. The van der Waals surface area contributed by atoms with E-state index in [9.17, 15) is 9.59 Å². The second kappa shape index (κ2) is 8.58. The standard InChI is InChI=1S/C20H19ClN2O4S/c1-12-4-6-14(21)9-16(12)22-11-23-19(24)18(28-20(23)25)8-13-5-7-15(26-2)10-17(13)27-3/h4-10,22H,11H2,1-3H3/b18-8-. The molecule has 0 aliphatic carbocycles. The highest BCUT2D eigenvalue weighted by atomic mass is 35.5. The van der Waals surface area contributed by atoms with Crippen LogP contribution in [-0.4, -0.2) is 36.9 Å². The first-order valence-electron chi connectivity index (χ1n) is 8.40. The van der Waals surface area contributed by atoms with Gasteiger partial charge in [0.2, 0.25) is 0 Å². The minimum atomic E-state index is -0.361. The molecule has 1 fully saturated rings. The van der Waals surface area contributed by atoms with Crippen molar-refractivity contribution in [3.05, 3.63) is 57.5 Å². The number of benzene rings is 2. The molecule has 0 atom stereocenters. The van der Waals surface area contributed by atoms with E-state index in [4.69, 9.17) is 21.1 Å². The lowest BCUT2D eigenvalue weighted by atomic mass is 10.1. The zero-order valence-corrected chi connectivity index (χ0v) is 17.2. The number of nitrogens with zero attached hydrogens (tertiary/aromatic N) is 1. The van der Waals surface area contributed by atoms with Crippen LogP contribution in [0.2, 0.25) is 5.02 Å². The van der Waals surface area contributed by atoms with Gasteiger partial charge in [-0.25, -0.2) is 0 Å². The van der Waals surface area contributed by atoms with E-state index in [0.717, 1.165) is 27.9 Å². The monoisotopic (exact) mass is 418 g/mol. The highest BCUT2D eigenvalue weighted by Gasteiger charge is 2.35. The van der Waals surface area contributed by atoms with Crippen LogP contribution < -0.4 is 14.8 Å². The summed E-state index contributed by atoms with van der Waals surface area (Å²) in [7, 11) is 3.10. The van der Waals surface area contributed by atoms with E-state index < -0.39 is 0 Å². The van der Waals surface area contributed by atoms with Crippen molar-refractivity contribution in [2.75, 3.05) is 26.2 Å². The van der Waals surface area contributed by atoms with E-state index in [-0.39, 0.29) is 17.8 Å². The molecule has 1 aliphatic heterocycles. The highest BCUT2D eigenvalue weighted by Crippen LogP contribution is 2.35. The van der Waals surface area contributed by atoms with Gasteiger partial charge in [0.25, 0.3) is 11.1 Å². The Labute approximate surface area is 172 Å². The smallest absolute Gasteiger partial charge is 0.295 e. The molecule has 1 saturated heterocycles. The molecule has 2 amide bonds. The number of hydrogen-bond donors (Lipinski definition) is 1. The number of aryl methyl sites for hydroxylation is 1. The van der Waals surface area contributed by atoms with Crippen LogP contribution in [0.15, 0.2) is 41.3 Å². The molecule has 0 unspecified atom stereocenters. The number of hydrogen-bond acceptors (Lipinski definition) is 6. The summed E-state index contributed by atoms with van der Waals surface area (Å²) in [5.74, 6) is 0.835. The number of amides is 2. The van der Waals surface area contributed by atoms with Crippen LogP contribution in [0.5, 0.6) is 11.5 Å². The van der Waals surface area contributed by atoms with Crippen molar-refractivity contribution >= 4 is 46.3 Å². The molecule has 1 aliphatic rings. The number of ether oxygens (including phenoxy) is 2. The van der Waals surface area contributed by atoms with E-state index in [0.29, 0.717) is 27.0 Å². The minimum absolute atomic E-state index is 0.0585. The van der Waals surface area contributed by atoms with E-state index in [1.807, 2.05) is 13.0 Å². The van der Waals surface area contributed by atoms with Crippen molar-refractivity contribution in [3.63, 3.8) is 0 Å². The number of carbonyl (C=O) groups is 2. The number of halogens is 1. The second-order valence-corrected chi connectivity index (χ2v) is 7.44. The SMILES string of the molecule is COc1ccc(/C=C2\SC(=O)N(CNc3cc(Cl)ccc3C)C2=O)c(OC)c1. The summed E-state index contributed by atoms with van der Waals surface area (Å²) in [5.41, 5.74) is 2.43. The number of imide groups is 1. The summed E-state index contributed by atoms with van der Waals surface area (Å²) >= 11 is 6.91. The van der Waals surface area contributed by atoms with Crippen molar-refractivity contribution in [2.45, 2.75) is 6.92 Å². The van der Waals surface area contributed by atoms with E-state index in [1.165, 1.54) is 7.11 Å². The van der Waals surface area contributed by atoms with Crippen molar-refractivity contribution in [1.82, 2.24) is 4.90 Å². The van der Waals surface area contributed by atoms with Gasteiger partial charge in [0.1, 0.15) is 11.5 Å². The summed E-state index contributed by atoms with van der Waals surface area (Å²) in [6, 6.07) is 10.7. The maximum absolute atomic E-state index is 12.7. The number of carbonyl (C=O) groups excluding carboxylic acids is 2. The summed E-state index contributed by atoms with van der Waals surface area (Å²) < 4.78 is 10.5. The van der Waals surface area contributed by atoms with Crippen LogP contribution >= 0.6 is 23.4 Å². The number of nitrogens with one attached hydrogen (secondary N) is 1.